The molecule has 0 spiro atoms. The molecule has 0 aliphatic heterocycles. The molecule has 0 saturated heterocycles. The van der Waals surface area contributed by atoms with Crippen LogP contribution in [0, 0.1) is 0 Å². The summed E-state index contributed by atoms with van der Waals surface area (Å²) in [5, 5.41) is 2.67. The van der Waals surface area contributed by atoms with Crippen LogP contribution in [0.2, 0.25) is 0 Å². The lowest BCUT2D eigenvalue weighted by Crippen LogP contribution is -2.14. The number of nitrogens with one attached hydrogen (secondary N) is 2. The third-order valence-corrected chi connectivity index (χ3v) is 5.06. The molecule has 0 bridgehead atoms. The first-order valence-electron chi connectivity index (χ1n) is 7.97. The number of hydrogen-bond donors (Lipinski definition) is 2. The first-order chi connectivity index (χ1) is 13.0. The van der Waals surface area contributed by atoms with Crippen LogP contribution in [-0.2, 0) is 10.0 Å². The summed E-state index contributed by atoms with van der Waals surface area (Å²) in [5.41, 5.74) is 1.16. The van der Waals surface area contributed by atoms with Gasteiger partial charge in [-0.25, -0.2) is 8.42 Å². The van der Waals surface area contributed by atoms with Crippen LogP contribution in [0.4, 0.5) is 11.4 Å². The zero-order chi connectivity index (χ0) is 19.3. The Morgan fingerprint density at radius 1 is 0.926 bits per heavy atom. The van der Waals surface area contributed by atoms with Crippen molar-refractivity contribution in [1.29, 1.82) is 0 Å². The minimum absolute atomic E-state index is 0.0779. The summed E-state index contributed by atoms with van der Waals surface area (Å²) in [5.74, 6) is 0.258. The second-order valence-electron chi connectivity index (χ2n) is 5.53. The molecule has 8 heteroatoms. The van der Waals surface area contributed by atoms with E-state index in [1.54, 1.807) is 42.5 Å². The van der Waals surface area contributed by atoms with E-state index in [1.807, 2.05) is 0 Å². The molecule has 0 atom stereocenters. The van der Waals surface area contributed by atoms with Crippen molar-refractivity contribution in [2.45, 2.75) is 4.90 Å². The lowest BCUT2D eigenvalue weighted by Gasteiger charge is -2.10. The van der Waals surface area contributed by atoms with E-state index >= 15 is 0 Å². The van der Waals surface area contributed by atoms with Crippen LogP contribution in [0.15, 0.2) is 77.8 Å². The van der Waals surface area contributed by atoms with Crippen molar-refractivity contribution in [3.63, 3.8) is 0 Å². The SMILES string of the molecule is COc1ccc(NS(=O)(=O)c2ccc(NC(=O)c3ccccn3)cc2)cc1. The number of anilines is 2. The molecule has 0 fully saturated rings. The van der Waals surface area contributed by atoms with Crippen LogP contribution in [0.3, 0.4) is 0 Å². The Hall–Kier alpha value is -3.39. The highest BCUT2D eigenvalue weighted by Gasteiger charge is 2.15. The van der Waals surface area contributed by atoms with Crippen LogP contribution in [0.1, 0.15) is 10.5 Å². The number of sulfonamides is 1. The Morgan fingerprint density at radius 2 is 1.59 bits per heavy atom. The quantitative estimate of drug-likeness (QED) is 0.681. The predicted octanol–water partition coefficient (Wildman–Crippen LogP) is 3.14. The van der Waals surface area contributed by atoms with Gasteiger partial charge in [0, 0.05) is 17.6 Å². The molecule has 7 nitrogen and oxygen atoms in total. The highest BCUT2D eigenvalue weighted by atomic mass is 32.2. The zero-order valence-corrected chi connectivity index (χ0v) is 15.2. The highest BCUT2D eigenvalue weighted by Crippen LogP contribution is 2.20. The van der Waals surface area contributed by atoms with Gasteiger partial charge in [-0.05, 0) is 60.7 Å². The highest BCUT2D eigenvalue weighted by molar-refractivity contribution is 7.92. The third-order valence-electron chi connectivity index (χ3n) is 3.66. The van der Waals surface area contributed by atoms with Crippen LogP contribution in [0.5, 0.6) is 5.75 Å². The molecular weight excluding hydrogens is 366 g/mol. The van der Waals surface area contributed by atoms with Gasteiger partial charge in [-0.2, -0.15) is 0 Å². The number of carbonyl (C=O) groups is 1. The van der Waals surface area contributed by atoms with E-state index in [9.17, 15) is 13.2 Å². The standard InChI is InChI=1S/C19H17N3O4S/c1-26-16-9-5-15(6-10-16)22-27(24,25)17-11-7-14(8-12-17)21-19(23)18-4-2-3-13-20-18/h2-13,22H,1H3,(H,21,23). The van der Waals surface area contributed by atoms with Gasteiger partial charge in [-0.3, -0.25) is 14.5 Å². The molecule has 0 radical (unpaired) electrons. The number of aromatic nitrogens is 1. The van der Waals surface area contributed by atoms with Crippen molar-refractivity contribution >= 4 is 27.3 Å². The fourth-order valence-electron chi connectivity index (χ4n) is 2.28. The van der Waals surface area contributed by atoms with Gasteiger partial charge < -0.3 is 10.1 Å². The van der Waals surface area contributed by atoms with Crippen LogP contribution in [0.25, 0.3) is 0 Å². The molecule has 0 unspecified atom stereocenters. The van der Waals surface area contributed by atoms with Gasteiger partial charge in [0.15, 0.2) is 0 Å². The third kappa shape index (κ3) is 4.62. The summed E-state index contributed by atoms with van der Waals surface area (Å²) in [4.78, 5) is 16.1. The van der Waals surface area contributed by atoms with Crippen molar-refractivity contribution in [2.24, 2.45) is 0 Å². The summed E-state index contributed by atoms with van der Waals surface area (Å²) in [6.07, 6.45) is 1.52. The summed E-state index contributed by atoms with van der Waals surface area (Å²) in [6.45, 7) is 0. The van der Waals surface area contributed by atoms with E-state index in [0.717, 1.165) is 0 Å². The van der Waals surface area contributed by atoms with Gasteiger partial charge in [0.2, 0.25) is 0 Å². The van der Waals surface area contributed by atoms with Gasteiger partial charge in [0.05, 0.1) is 12.0 Å². The van der Waals surface area contributed by atoms with E-state index in [2.05, 4.69) is 15.0 Å². The van der Waals surface area contributed by atoms with E-state index in [4.69, 9.17) is 4.74 Å². The monoisotopic (exact) mass is 383 g/mol. The number of amides is 1. The Labute approximate surface area is 157 Å². The Bertz CT molecular complexity index is 1020. The Balaban J connectivity index is 1.70. The Morgan fingerprint density at radius 3 is 2.19 bits per heavy atom. The normalized spacial score (nSPS) is 10.9. The number of rotatable bonds is 6. The zero-order valence-electron chi connectivity index (χ0n) is 14.4. The maximum atomic E-state index is 12.5. The van der Waals surface area contributed by atoms with Gasteiger partial charge in [0.1, 0.15) is 11.4 Å². The molecule has 27 heavy (non-hydrogen) atoms. The predicted molar refractivity (Wildman–Crippen MR) is 102 cm³/mol. The summed E-state index contributed by atoms with van der Waals surface area (Å²) in [7, 11) is -2.21. The first-order valence-corrected chi connectivity index (χ1v) is 9.45. The molecule has 0 aliphatic carbocycles. The topological polar surface area (TPSA) is 97.4 Å². The van der Waals surface area contributed by atoms with Crippen LogP contribution >= 0.6 is 0 Å². The number of carbonyl (C=O) groups excluding carboxylic acids is 1. The molecule has 0 saturated carbocycles. The number of methoxy groups -OCH3 is 1. The van der Waals surface area contributed by atoms with Gasteiger partial charge in [-0.1, -0.05) is 6.07 Å². The number of hydrogen-bond acceptors (Lipinski definition) is 5. The molecule has 1 heterocycles. The second-order valence-corrected chi connectivity index (χ2v) is 7.21. The molecule has 0 aliphatic rings. The smallest absolute Gasteiger partial charge is 0.274 e. The Kier molecular flexibility index (Phi) is 5.37. The average molecular weight is 383 g/mol. The van der Waals surface area contributed by atoms with Crippen molar-refractivity contribution in [2.75, 3.05) is 17.1 Å². The molecule has 138 valence electrons. The minimum Gasteiger partial charge on any atom is -0.497 e. The van der Waals surface area contributed by atoms with Gasteiger partial charge in [-0.15, -0.1) is 0 Å². The van der Waals surface area contributed by atoms with E-state index in [1.165, 1.54) is 37.6 Å². The molecule has 3 rings (SSSR count). The molecule has 3 aromatic rings. The maximum Gasteiger partial charge on any atom is 0.274 e. The van der Waals surface area contributed by atoms with Gasteiger partial charge in [0.25, 0.3) is 15.9 Å². The van der Waals surface area contributed by atoms with E-state index in [0.29, 0.717) is 17.1 Å². The lowest BCUT2D eigenvalue weighted by atomic mass is 10.3. The van der Waals surface area contributed by atoms with Crippen molar-refractivity contribution in [3.05, 3.63) is 78.6 Å². The van der Waals surface area contributed by atoms with E-state index < -0.39 is 10.0 Å². The van der Waals surface area contributed by atoms with Crippen molar-refractivity contribution in [3.8, 4) is 5.75 Å². The number of benzene rings is 2. The summed E-state index contributed by atoms with van der Waals surface area (Å²) < 4.78 is 32.5. The summed E-state index contributed by atoms with van der Waals surface area (Å²) >= 11 is 0. The van der Waals surface area contributed by atoms with Crippen molar-refractivity contribution in [1.82, 2.24) is 4.98 Å². The molecular formula is C19H17N3O4S. The summed E-state index contributed by atoms with van der Waals surface area (Å²) in [6, 6.07) is 17.4. The maximum absolute atomic E-state index is 12.5. The van der Waals surface area contributed by atoms with Gasteiger partial charge >= 0.3 is 0 Å². The average Bonchev–Trinajstić information content (AvgIpc) is 2.69. The lowest BCUT2D eigenvalue weighted by molar-refractivity contribution is 0.102. The molecule has 1 amide bonds. The largest absolute Gasteiger partial charge is 0.497 e. The van der Waals surface area contributed by atoms with Crippen molar-refractivity contribution < 1.29 is 17.9 Å². The number of nitrogens with zero attached hydrogens (tertiary/aromatic N) is 1. The van der Waals surface area contributed by atoms with E-state index in [-0.39, 0.29) is 16.5 Å². The number of pyridine rings is 1. The fourth-order valence-corrected chi connectivity index (χ4v) is 3.34. The number of ether oxygens (including phenoxy) is 1. The minimum atomic E-state index is -3.75. The molecule has 2 N–H and O–H groups in total. The molecule has 1 aromatic heterocycles. The first kappa shape index (κ1) is 18.4. The van der Waals surface area contributed by atoms with Crippen LogP contribution < -0.4 is 14.8 Å². The molecule has 2 aromatic carbocycles. The fraction of sp³-hybridized carbons (Fsp3) is 0.0526. The second kappa shape index (κ2) is 7.88. The van der Waals surface area contributed by atoms with Crippen LogP contribution in [-0.4, -0.2) is 26.4 Å².